The van der Waals surface area contributed by atoms with Gasteiger partial charge in [0.15, 0.2) is 0 Å². The van der Waals surface area contributed by atoms with E-state index in [1.807, 2.05) is 65.2 Å². The molecule has 0 fully saturated rings. The molecule has 27 heavy (non-hydrogen) atoms. The highest BCUT2D eigenvalue weighted by Gasteiger charge is 2.22. The second-order valence-electron chi connectivity index (χ2n) is 6.71. The number of nitrogens with two attached hydrogens (primary N) is 1. The summed E-state index contributed by atoms with van der Waals surface area (Å²) >= 11 is 0. The largest absolute Gasteiger partial charge is 0.368 e. The van der Waals surface area contributed by atoms with Crippen LogP contribution in [0.1, 0.15) is 35.8 Å². The fourth-order valence-corrected chi connectivity index (χ4v) is 3.28. The molecule has 0 spiro atoms. The van der Waals surface area contributed by atoms with Gasteiger partial charge in [-0.3, -0.25) is 9.59 Å². The number of carbonyl (C=O) groups is 2. The summed E-state index contributed by atoms with van der Waals surface area (Å²) in [5.41, 5.74) is 8.07. The minimum Gasteiger partial charge on any atom is -0.368 e. The summed E-state index contributed by atoms with van der Waals surface area (Å²) in [6.45, 7) is 3.10. The van der Waals surface area contributed by atoms with Gasteiger partial charge >= 0.3 is 0 Å². The van der Waals surface area contributed by atoms with Gasteiger partial charge in [-0.05, 0) is 24.1 Å². The maximum absolute atomic E-state index is 13.3. The Morgan fingerprint density at radius 3 is 2.44 bits per heavy atom. The first-order valence-corrected chi connectivity index (χ1v) is 9.30. The molecule has 0 saturated carbocycles. The number of benzene rings is 2. The molecule has 0 aliphatic rings. The molecule has 5 heteroatoms. The number of para-hydroxylation sites is 1. The molecule has 0 radical (unpaired) electrons. The monoisotopic (exact) mass is 363 g/mol. The number of carbonyl (C=O) groups excluding carboxylic acids is 2. The smallest absolute Gasteiger partial charge is 0.270 e. The van der Waals surface area contributed by atoms with Gasteiger partial charge in [-0.25, -0.2) is 0 Å². The van der Waals surface area contributed by atoms with Crippen molar-refractivity contribution in [3.05, 3.63) is 71.9 Å². The molecule has 0 aliphatic heterocycles. The molecular weight excluding hydrogens is 338 g/mol. The van der Waals surface area contributed by atoms with E-state index in [9.17, 15) is 9.59 Å². The first-order valence-electron chi connectivity index (χ1n) is 9.30. The molecule has 3 aromatic rings. The van der Waals surface area contributed by atoms with Crippen LogP contribution in [0, 0.1) is 0 Å². The normalized spacial score (nSPS) is 10.9. The van der Waals surface area contributed by atoms with Gasteiger partial charge < -0.3 is 15.2 Å². The standard InChI is InChI=1S/C22H25N3O2/c1-2-3-13-24(16-21(23)26)22(27)20-14-18-11-7-8-12-19(18)25(20)15-17-9-5-4-6-10-17/h4-12,14H,2-3,13,15-16H2,1H3,(H2,23,26). The van der Waals surface area contributed by atoms with E-state index in [1.165, 1.54) is 0 Å². The molecule has 0 saturated heterocycles. The minimum absolute atomic E-state index is 0.0638. The van der Waals surface area contributed by atoms with Crippen LogP contribution in [0.5, 0.6) is 0 Å². The Morgan fingerprint density at radius 2 is 1.74 bits per heavy atom. The summed E-state index contributed by atoms with van der Waals surface area (Å²) in [4.78, 5) is 26.3. The van der Waals surface area contributed by atoms with Crippen molar-refractivity contribution >= 4 is 22.7 Å². The summed E-state index contributed by atoms with van der Waals surface area (Å²) < 4.78 is 2.02. The van der Waals surface area contributed by atoms with Gasteiger partial charge in [0.1, 0.15) is 5.69 Å². The van der Waals surface area contributed by atoms with Crippen molar-refractivity contribution in [2.75, 3.05) is 13.1 Å². The summed E-state index contributed by atoms with van der Waals surface area (Å²) in [5, 5.41) is 1.01. The van der Waals surface area contributed by atoms with E-state index >= 15 is 0 Å². The van der Waals surface area contributed by atoms with Crippen molar-refractivity contribution in [2.45, 2.75) is 26.3 Å². The van der Waals surface area contributed by atoms with E-state index in [2.05, 4.69) is 6.92 Å². The van der Waals surface area contributed by atoms with Gasteiger partial charge in [-0.1, -0.05) is 61.9 Å². The molecule has 140 valence electrons. The zero-order valence-corrected chi connectivity index (χ0v) is 15.6. The average molecular weight is 363 g/mol. The maximum Gasteiger partial charge on any atom is 0.270 e. The van der Waals surface area contributed by atoms with Crippen LogP contribution in [0.15, 0.2) is 60.7 Å². The van der Waals surface area contributed by atoms with E-state index in [-0.39, 0.29) is 12.5 Å². The molecular formula is C22H25N3O2. The Balaban J connectivity index is 2.02. The number of fused-ring (bicyclic) bond motifs is 1. The number of primary amides is 1. The van der Waals surface area contributed by atoms with Gasteiger partial charge in [-0.15, -0.1) is 0 Å². The predicted octanol–water partition coefficient (Wildman–Crippen LogP) is 3.42. The van der Waals surface area contributed by atoms with Crippen molar-refractivity contribution in [3.8, 4) is 0 Å². The van der Waals surface area contributed by atoms with Crippen LogP contribution in [0.25, 0.3) is 10.9 Å². The van der Waals surface area contributed by atoms with Gasteiger partial charge in [0.25, 0.3) is 5.91 Å². The van der Waals surface area contributed by atoms with Crippen LogP contribution in [0.3, 0.4) is 0 Å². The Hall–Kier alpha value is -3.08. The number of nitrogens with zero attached hydrogens (tertiary/aromatic N) is 2. The topological polar surface area (TPSA) is 68.3 Å². The molecule has 2 amide bonds. The molecule has 2 N–H and O–H groups in total. The second-order valence-corrected chi connectivity index (χ2v) is 6.71. The number of hydrogen-bond donors (Lipinski definition) is 1. The molecule has 3 rings (SSSR count). The number of hydrogen-bond acceptors (Lipinski definition) is 2. The molecule has 0 bridgehead atoms. The lowest BCUT2D eigenvalue weighted by Gasteiger charge is -2.22. The van der Waals surface area contributed by atoms with Crippen LogP contribution >= 0.6 is 0 Å². The lowest BCUT2D eigenvalue weighted by Crippen LogP contribution is -2.40. The highest BCUT2D eigenvalue weighted by molar-refractivity contribution is 6.00. The Kier molecular flexibility index (Phi) is 5.91. The summed E-state index contributed by atoms with van der Waals surface area (Å²) in [7, 11) is 0. The third kappa shape index (κ3) is 4.37. The van der Waals surface area contributed by atoms with E-state index < -0.39 is 5.91 Å². The number of unbranched alkanes of at least 4 members (excludes halogenated alkanes) is 1. The van der Waals surface area contributed by atoms with Gasteiger partial charge in [0.05, 0.1) is 6.54 Å². The van der Waals surface area contributed by atoms with Crippen molar-refractivity contribution < 1.29 is 9.59 Å². The van der Waals surface area contributed by atoms with E-state index in [0.717, 1.165) is 29.3 Å². The second kappa shape index (κ2) is 8.54. The number of aromatic nitrogens is 1. The average Bonchev–Trinajstić information content (AvgIpc) is 3.03. The van der Waals surface area contributed by atoms with Crippen LogP contribution < -0.4 is 5.73 Å². The van der Waals surface area contributed by atoms with Crippen LogP contribution in [0.4, 0.5) is 0 Å². The predicted molar refractivity (Wildman–Crippen MR) is 107 cm³/mol. The van der Waals surface area contributed by atoms with Crippen molar-refractivity contribution in [1.29, 1.82) is 0 Å². The highest BCUT2D eigenvalue weighted by Crippen LogP contribution is 2.23. The molecule has 0 unspecified atom stereocenters. The molecule has 2 aromatic carbocycles. The molecule has 0 atom stereocenters. The highest BCUT2D eigenvalue weighted by atomic mass is 16.2. The zero-order valence-electron chi connectivity index (χ0n) is 15.6. The van der Waals surface area contributed by atoms with Crippen molar-refractivity contribution in [3.63, 3.8) is 0 Å². The van der Waals surface area contributed by atoms with Gasteiger partial charge in [-0.2, -0.15) is 0 Å². The first kappa shape index (κ1) is 18.7. The Bertz CT molecular complexity index is 931. The molecule has 0 aliphatic carbocycles. The number of amides is 2. The van der Waals surface area contributed by atoms with E-state index in [0.29, 0.717) is 18.8 Å². The fourth-order valence-electron chi connectivity index (χ4n) is 3.28. The van der Waals surface area contributed by atoms with Gasteiger partial charge in [0.2, 0.25) is 5.91 Å². The quantitative estimate of drug-likeness (QED) is 0.666. The SMILES string of the molecule is CCCCN(CC(N)=O)C(=O)c1cc2ccccc2n1Cc1ccccc1. The fraction of sp³-hybridized carbons (Fsp3) is 0.273. The molecule has 1 aromatic heterocycles. The lowest BCUT2D eigenvalue weighted by atomic mass is 10.2. The van der Waals surface area contributed by atoms with Crippen LogP contribution in [0.2, 0.25) is 0 Å². The first-order chi connectivity index (χ1) is 13.1. The van der Waals surface area contributed by atoms with Gasteiger partial charge in [0, 0.05) is 24.0 Å². The molecule has 1 heterocycles. The van der Waals surface area contributed by atoms with Crippen molar-refractivity contribution in [2.24, 2.45) is 5.73 Å². The van der Waals surface area contributed by atoms with E-state index in [4.69, 9.17) is 5.73 Å². The Morgan fingerprint density at radius 1 is 1.04 bits per heavy atom. The van der Waals surface area contributed by atoms with Crippen molar-refractivity contribution in [1.82, 2.24) is 9.47 Å². The van der Waals surface area contributed by atoms with Crippen LogP contribution in [-0.4, -0.2) is 34.4 Å². The third-order valence-electron chi connectivity index (χ3n) is 4.63. The van der Waals surface area contributed by atoms with Crippen LogP contribution in [-0.2, 0) is 11.3 Å². The summed E-state index contributed by atoms with van der Waals surface area (Å²) in [5.74, 6) is -0.653. The minimum atomic E-state index is -0.495. The molecule has 5 nitrogen and oxygen atoms in total. The third-order valence-corrected chi connectivity index (χ3v) is 4.63. The maximum atomic E-state index is 13.3. The zero-order chi connectivity index (χ0) is 19.2. The Labute approximate surface area is 159 Å². The van der Waals surface area contributed by atoms with E-state index in [1.54, 1.807) is 4.90 Å². The number of rotatable bonds is 8. The summed E-state index contributed by atoms with van der Waals surface area (Å²) in [6.07, 6.45) is 1.77. The lowest BCUT2D eigenvalue weighted by molar-refractivity contribution is -0.118. The summed E-state index contributed by atoms with van der Waals surface area (Å²) in [6, 6.07) is 19.9.